The Morgan fingerprint density at radius 3 is 2.58 bits per heavy atom. The molecule has 1 aliphatic carbocycles. The fourth-order valence-electron chi connectivity index (χ4n) is 2.35. The van der Waals surface area contributed by atoms with Crippen LogP contribution in [0, 0.1) is 5.41 Å². The molecule has 1 aliphatic heterocycles. The summed E-state index contributed by atoms with van der Waals surface area (Å²) in [6.45, 7) is 1.95. The van der Waals surface area contributed by atoms with Gasteiger partial charge in [-0.3, -0.25) is 0 Å². The predicted octanol–water partition coefficient (Wildman–Crippen LogP) is 1.20. The van der Waals surface area contributed by atoms with Crippen molar-refractivity contribution < 1.29 is 4.79 Å². The van der Waals surface area contributed by atoms with Crippen molar-refractivity contribution in [2.75, 3.05) is 20.1 Å². The molecule has 3 nitrogen and oxygen atoms in total. The molecule has 0 atom stereocenters. The lowest BCUT2D eigenvalue weighted by Crippen LogP contribution is -2.39. The van der Waals surface area contributed by atoms with Gasteiger partial charge >= 0.3 is 6.03 Å². The summed E-state index contributed by atoms with van der Waals surface area (Å²) in [5, 5.41) is 2.68. The van der Waals surface area contributed by atoms with E-state index in [-0.39, 0.29) is 6.03 Å². The first kappa shape index (κ1) is 7.90. The molecule has 3 heteroatoms. The molecular formula is C9H16N2O. The minimum Gasteiger partial charge on any atom is -0.341 e. The fourth-order valence-corrected chi connectivity index (χ4v) is 2.35. The number of carbonyl (C=O) groups excluding carboxylic acids is 1. The van der Waals surface area contributed by atoms with Crippen molar-refractivity contribution in [1.29, 1.82) is 0 Å². The number of likely N-dealkylation sites (tertiary alicyclic amines) is 1. The number of nitrogens with zero attached hydrogens (tertiary/aromatic N) is 1. The highest BCUT2D eigenvalue weighted by molar-refractivity contribution is 5.74. The highest BCUT2D eigenvalue weighted by Crippen LogP contribution is 2.47. The maximum Gasteiger partial charge on any atom is 0.317 e. The molecule has 2 aliphatic rings. The van der Waals surface area contributed by atoms with E-state index in [1.165, 1.54) is 25.7 Å². The lowest BCUT2D eigenvalue weighted by Gasteiger charge is -2.37. The van der Waals surface area contributed by atoms with Crippen LogP contribution in [-0.2, 0) is 0 Å². The molecule has 1 saturated carbocycles. The van der Waals surface area contributed by atoms with Gasteiger partial charge in [0.1, 0.15) is 0 Å². The molecule has 1 heterocycles. The zero-order valence-electron chi connectivity index (χ0n) is 7.60. The first-order valence-electron chi connectivity index (χ1n) is 4.72. The number of urea groups is 1. The normalized spacial score (nSPS) is 25.6. The van der Waals surface area contributed by atoms with Gasteiger partial charge in [-0.25, -0.2) is 4.79 Å². The highest BCUT2D eigenvalue weighted by Gasteiger charge is 2.43. The van der Waals surface area contributed by atoms with Gasteiger partial charge in [0.2, 0.25) is 0 Å². The maximum absolute atomic E-state index is 11.3. The molecule has 1 spiro atoms. The lowest BCUT2D eigenvalue weighted by atomic mass is 9.68. The Morgan fingerprint density at radius 2 is 2.17 bits per heavy atom. The predicted molar refractivity (Wildman–Crippen MR) is 46.9 cm³/mol. The smallest absolute Gasteiger partial charge is 0.317 e. The third-order valence-corrected chi connectivity index (χ3v) is 3.35. The van der Waals surface area contributed by atoms with Crippen molar-refractivity contribution in [2.45, 2.75) is 25.7 Å². The van der Waals surface area contributed by atoms with Crippen molar-refractivity contribution in [2.24, 2.45) is 5.41 Å². The fraction of sp³-hybridized carbons (Fsp3) is 0.889. The van der Waals surface area contributed by atoms with E-state index >= 15 is 0 Å². The van der Waals surface area contributed by atoms with Crippen LogP contribution in [0.1, 0.15) is 25.7 Å². The minimum absolute atomic E-state index is 0.0961. The summed E-state index contributed by atoms with van der Waals surface area (Å²) in [5.74, 6) is 0. The Morgan fingerprint density at radius 1 is 1.42 bits per heavy atom. The van der Waals surface area contributed by atoms with Crippen molar-refractivity contribution >= 4 is 6.03 Å². The Kier molecular flexibility index (Phi) is 1.74. The molecule has 2 fully saturated rings. The number of carbonyl (C=O) groups is 1. The topological polar surface area (TPSA) is 32.3 Å². The average molecular weight is 168 g/mol. The van der Waals surface area contributed by atoms with Crippen LogP contribution in [0.25, 0.3) is 0 Å². The zero-order chi connectivity index (χ0) is 8.60. The van der Waals surface area contributed by atoms with Crippen LogP contribution >= 0.6 is 0 Å². The molecule has 0 aromatic rings. The van der Waals surface area contributed by atoms with E-state index in [1.54, 1.807) is 7.05 Å². The first-order valence-corrected chi connectivity index (χ1v) is 4.72. The monoisotopic (exact) mass is 168 g/mol. The van der Waals surface area contributed by atoms with Gasteiger partial charge in [0.25, 0.3) is 0 Å². The van der Waals surface area contributed by atoms with Crippen molar-refractivity contribution in [1.82, 2.24) is 10.2 Å². The van der Waals surface area contributed by atoms with Gasteiger partial charge in [-0.1, -0.05) is 6.42 Å². The van der Waals surface area contributed by atoms with E-state index in [2.05, 4.69) is 5.32 Å². The van der Waals surface area contributed by atoms with Gasteiger partial charge in [-0.05, 0) is 24.7 Å². The van der Waals surface area contributed by atoms with Gasteiger partial charge in [0.15, 0.2) is 0 Å². The summed E-state index contributed by atoms with van der Waals surface area (Å²) < 4.78 is 0. The molecular weight excluding hydrogens is 152 g/mol. The third kappa shape index (κ3) is 1.08. The summed E-state index contributed by atoms with van der Waals surface area (Å²) >= 11 is 0. The quantitative estimate of drug-likeness (QED) is 0.579. The second-order valence-corrected chi connectivity index (χ2v) is 4.08. The maximum atomic E-state index is 11.3. The number of amides is 2. The number of hydrogen-bond donors (Lipinski definition) is 1. The molecule has 0 bridgehead atoms. The van der Waals surface area contributed by atoms with E-state index < -0.39 is 0 Å². The van der Waals surface area contributed by atoms with Crippen LogP contribution in [-0.4, -0.2) is 31.1 Å². The van der Waals surface area contributed by atoms with Crippen LogP contribution in [0.3, 0.4) is 0 Å². The largest absolute Gasteiger partial charge is 0.341 e. The molecule has 68 valence electrons. The van der Waals surface area contributed by atoms with Gasteiger partial charge in [-0.2, -0.15) is 0 Å². The molecule has 12 heavy (non-hydrogen) atoms. The molecule has 2 rings (SSSR count). The van der Waals surface area contributed by atoms with Crippen molar-refractivity contribution in [3.05, 3.63) is 0 Å². The third-order valence-electron chi connectivity index (χ3n) is 3.35. The second kappa shape index (κ2) is 2.64. The van der Waals surface area contributed by atoms with Gasteiger partial charge < -0.3 is 10.2 Å². The average Bonchev–Trinajstić information content (AvgIpc) is 2.46. The molecule has 1 saturated heterocycles. The molecule has 0 unspecified atom stereocenters. The van der Waals surface area contributed by atoms with Crippen LogP contribution in [0.4, 0.5) is 4.79 Å². The molecule has 1 N–H and O–H groups in total. The summed E-state index contributed by atoms with van der Waals surface area (Å²) in [4.78, 5) is 13.2. The van der Waals surface area contributed by atoms with Gasteiger partial charge in [0.05, 0.1) is 0 Å². The van der Waals surface area contributed by atoms with E-state index in [4.69, 9.17) is 0 Å². The SMILES string of the molecule is CNC(=O)N1CCC2(CCC2)C1. The Balaban J connectivity index is 1.93. The first-order chi connectivity index (χ1) is 5.76. The van der Waals surface area contributed by atoms with Crippen LogP contribution in [0.5, 0.6) is 0 Å². The van der Waals surface area contributed by atoms with Crippen molar-refractivity contribution in [3.63, 3.8) is 0 Å². The summed E-state index contributed by atoms with van der Waals surface area (Å²) in [5.41, 5.74) is 0.534. The molecule has 0 radical (unpaired) electrons. The van der Waals surface area contributed by atoms with Crippen LogP contribution < -0.4 is 5.32 Å². The number of hydrogen-bond acceptors (Lipinski definition) is 1. The molecule has 2 amide bonds. The van der Waals surface area contributed by atoms with Gasteiger partial charge in [-0.15, -0.1) is 0 Å². The van der Waals surface area contributed by atoms with Crippen LogP contribution in [0.15, 0.2) is 0 Å². The summed E-state index contributed by atoms with van der Waals surface area (Å²) in [7, 11) is 1.70. The standard InChI is InChI=1S/C9H16N2O/c1-10-8(12)11-6-5-9(7-11)3-2-4-9/h2-7H2,1H3,(H,10,12). The molecule has 0 aromatic heterocycles. The zero-order valence-corrected chi connectivity index (χ0v) is 7.60. The Bertz CT molecular complexity index is 199. The van der Waals surface area contributed by atoms with E-state index in [0.29, 0.717) is 5.41 Å². The van der Waals surface area contributed by atoms with E-state index in [0.717, 1.165) is 13.1 Å². The Hall–Kier alpha value is -0.730. The van der Waals surface area contributed by atoms with E-state index in [1.807, 2.05) is 4.90 Å². The van der Waals surface area contributed by atoms with Crippen molar-refractivity contribution in [3.8, 4) is 0 Å². The number of rotatable bonds is 0. The van der Waals surface area contributed by atoms with Crippen LogP contribution in [0.2, 0.25) is 0 Å². The van der Waals surface area contributed by atoms with Gasteiger partial charge in [0, 0.05) is 20.1 Å². The highest BCUT2D eigenvalue weighted by atomic mass is 16.2. The number of nitrogens with one attached hydrogen (secondary N) is 1. The van der Waals surface area contributed by atoms with E-state index in [9.17, 15) is 4.79 Å². The molecule has 0 aromatic carbocycles. The Labute approximate surface area is 73.1 Å². The summed E-state index contributed by atoms with van der Waals surface area (Å²) in [6, 6.07) is 0.0961. The lowest BCUT2D eigenvalue weighted by molar-refractivity contribution is 0.141. The summed E-state index contributed by atoms with van der Waals surface area (Å²) in [6.07, 6.45) is 5.25. The second-order valence-electron chi connectivity index (χ2n) is 4.08. The minimum atomic E-state index is 0.0961.